The van der Waals surface area contributed by atoms with Crippen LogP contribution < -0.4 is 0 Å². The lowest BCUT2D eigenvalue weighted by molar-refractivity contribution is -0.139. The highest BCUT2D eigenvalue weighted by Gasteiger charge is 2.04. The van der Waals surface area contributed by atoms with E-state index in [2.05, 4.69) is 9.47 Å². The molecule has 0 amide bonds. The number of esters is 2. The Kier molecular flexibility index (Phi) is 10.1. The van der Waals surface area contributed by atoms with Crippen molar-refractivity contribution in [2.24, 2.45) is 0 Å². The number of ether oxygens (including phenoxy) is 2. The highest BCUT2D eigenvalue weighted by molar-refractivity contribution is 5.80. The monoisotopic (exact) mass is 206 g/mol. The first-order valence-electron chi connectivity index (χ1n) is 3.92. The van der Waals surface area contributed by atoms with E-state index in [1.165, 1.54) is 14.0 Å². The van der Waals surface area contributed by atoms with Gasteiger partial charge in [-0.05, 0) is 6.42 Å². The van der Waals surface area contributed by atoms with Crippen LogP contribution in [-0.2, 0) is 19.1 Å². The molecule has 0 bridgehead atoms. The largest absolute Gasteiger partial charge is 0.513 e. The van der Waals surface area contributed by atoms with Crippen molar-refractivity contribution in [3.05, 3.63) is 0 Å². The first-order chi connectivity index (χ1) is 6.43. The third kappa shape index (κ3) is 16.8. The zero-order valence-corrected chi connectivity index (χ0v) is 8.40. The van der Waals surface area contributed by atoms with E-state index in [0.29, 0.717) is 6.42 Å². The van der Waals surface area contributed by atoms with Crippen molar-refractivity contribution in [3.8, 4) is 0 Å². The molecule has 0 fully saturated rings. The van der Waals surface area contributed by atoms with Crippen LogP contribution in [0.2, 0.25) is 0 Å². The highest BCUT2D eigenvalue weighted by Crippen LogP contribution is 1.90. The third-order valence-corrected chi connectivity index (χ3v) is 0.943. The van der Waals surface area contributed by atoms with Crippen LogP contribution in [0.25, 0.3) is 0 Å². The van der Waals surface area contributed by atoms with Crippen molar-refractivity contribution in [1.82, 2.24) is 0 Å². The van der Waals surface area contributed by atoms with Gasteiger partial charge in [-0.25, -0.2) is 4.79 Å². The quantitative estimate of drug-likeness (QED) is 0.539. The third-order valence-electron chi connectivity index (χ3n) is 0.943. The van der Waals surface area contributed by atoms with Crippen LogP contribution in [0.1, 0.15) is 26.7 Å². The van der Waals surface area contributed by atoms with Gasteiger partial charge in [0.25, 0.3) is 0 Å². The van der Waals surface area contributed by atoms with Gasteiger partial charge in [0.15, 0.2) is 0 Å². The molecular weight excluding hydrogens is 192 g/mol. The Bertz CT molecular complexity index is 198. The molecule has 6 nitrogen and oxygen atoms in total. The lowest BCUT2D eigenvalue weighted by Gasteiger charge is -1.92. The summed E-state index contributed by atoms with van der Waals surface area (Å²) in [4.78, 5) is 29.5. The van der Waals surface area contributed by atoms with Crippen LogP contribution in [0.3, 0.4) is 0 Å². The van der Waals surface area contributed by atoms with Crippen LogP contribution in [0.15, 0.2) is 0 Å². The lowest BCUT2D eigenvalue weighted by atomic mass is 10.3. The van der Waals surface area contributed by atoms with Crippen molar-refractivity contribution in [1.29, 1.82) is 0 Å². The second-order valence-corrected chi connectivity index (χ2v) is 2.19. The summed E-state index contributed by atoms with van der Waals surface area (Å²) < 4.78 is 7.88. The van der Waals surface area contributed by atoms with Gasteiger partial charge in [-0.2, -0.15) is 0 Å². The molecule has 0 saturated carbocycles. The molecule has 14 heavy (non-hydrogen) atoms. The summed E-state index contributed by atoms with van der Waals surface area (Å²) in [5.74, 6) is -0.935. The van der Waals surface area contributed by atoms with Gasteiger partial charge in [-0.3, -0.25) is 9.59 Å². The number of methoxy groups -OCH3 is 1. The van der Waals surface area contributed by atoms with Crippen molar-refractivity contribution >= 4 is 18.1 Å². The van der Waals surface area contributed by atoms with E-state index < -0.39 is 12.1 Å². The van der Waals surface area contributed by atoms with Crippen LogP contribution in [0, 0.1) is 0 Å². The van der Waals surface area contributed by atoms with Crippen LogP contribution in [0.4, 0.5) is 4.79 Å². The van der Waals surface area contributed by atoms with Crippen molar-refractivity contribution in [3.63, 3.8) is 0 Å². The summed E-state index contributed by atoms with van der Waals surface area (Å²) in [6.45, 7) is 3.13. The average molecular weight is 206 g/mol. The van der Waals surface area contributed by atoms with E-state index in [4.69, 9.17) is 5.11 Å². The first-order valence-corrected chi connectivity index (χ1v) is 3.92. The maximum absolute atomic E-state index is 10.3. The summed E-state index contributed by atoms with van der Waals surface area (Å²) in [6, 6.07) is 0. The molecule has 1 N–H and O–H groups in total. The molecule has 82 valence electrons. The maximum atomic E-state index is 10.3. The molecule has 0 aliphatic rings. The van der Waals surface area contributed by atoms with Gasteiger partial charge in [0.05, 0.1) is 7.11 Å². The Morgan fingerprint density at radius 3 is 1.93 bits per heavy atom. The van der Waals surface area contributed by atoms with Gasteiger partial charge in [-0.15, -0.1) is 0 Å². The van der Waals surface area contributed by atoms with E-state index >= 15 is 0 Å². The number of carbonyl (C=O) groups excluding carboxylic acids is 2. The number of rotatable bonds is 2. The van der Waals surface area contributed by atoms with E-state index in [-0.39, 0.29) is 12.4 Å². The standard InChI is InChI=1S/C5H8O4.C3H6O2/c1-2-3-4(6)9-5(7)8;1-3(4)5-2/h2-3H2,1H3,(H,7,8);1-2H3. The molecule has 0 unspecified atom stereocenters. The average Bonchev–Trinajstić information content (AvgIpc) is 2.04. The van der Waals surface area contributed by atoms with Gasteiger partial charge in [0, 0.05) is 13.3 Å². The summed E-state index contributed by atoms with van der Waals surface area (Å²) in [5, 5.41) is 7.87. The smallest absolute Gasteiger partial charge is 0.469 e. The minimum Gasteiger partial charge on any atom is -0.469 e. The number of carboxylic acid groups (broad SMARTS) is 1. The molecule has 0 radical (unpaired) electrons. The number of hydrogen-bond donors (Lipinski definition) is 1. The molecule has 0 saturated heterocycles. The fourth-order valence-electron chi connectivity index (χ4n) is 0.353. The van der Waals surface area contributed by atoms with Crippen LogP contribution in [0.5, 0.6) is 0 Å². The zero-order valence-electron chi connectivity index (χ0n) is 8.40. The summed E-state index contributed by atoms with van der Waals surface area (Å²) >= 11 is 0. The fraction of sp³-hybridized carbons (Fsp3) is 0.625. The van der Waals surface area contributed by atoms with Gasteiger partial charge in [0.1, 0.15) is 0 Å². The molecule has 0 rings (SSSR count). The second kappa shape index (κ2) is 9.50. The van der Waals surface area contributed by atoms with E-state index in [9.17, 15) is 14.4 Å². The van der Waals surface area contributed by atoms with Crippen molar-refractivity contribution in [2.75, 3.05) is 7.11 Å². The molecule has 0 aromatic carbocycles. The van der Waals surface area contributed by atoms with Gasteiger partial charge in [-0.1, -0.05) is 6.92 Å². The van der Waals surface area contributed by atoms with Gasteiger partial charge >= 0.3 is 18.1 Å². The minimum atomic E-state index is -1.53. The Morgan fingerprint density at radius 2 is 1.71 bits per heavy atom. The van der Waals surface area contributed by atoms with Gasteiger partial charge in [0.2, 0.25) is 0 Å². The normalized spacial score (nSPS) is 7.93. The molecule has 0 aliphatic carbocycles. The lowest BCUT2D eigenvalue weighted by Crippen LogP contribution is -2.08. The van der Waals surface area contributed by atoms with E-state index in [1.807, 2.05) is 0 Å². The maximum Gasteiger partial charge on any atom is 0.513 e. The first kappa shape index (κ1) is 14.9. The molecule has 0 aromatic heterocycles. The van der Waals surface area contributed by atoms with E-state index in [1.54, 1.807) is 6.92 Å². The van der Waals surface area contributed by atoms with Crippen molar-refractivity contribution < 1.29 is 29.0 Å². The molecular formula is C8H14O6. The van der Waals surface area contributed by atoms with Gasteiger partial charge < -0.3 is 14.6 Å². The zero-order chi connectivity index (χ0) is 11.6. The molecule has 0 aliphatic heterocycles. The number of hydrogen-bond acceptors (Lipinski definition) is 5. The Labute approximate surface area is 81.8 Å². The summed E-state index contributed by atoms with van der Waals surface area (Å²) in [7, 11) is 1.35. The molecule has 6 heteroatoms. The SMILES string of the molecule is CCCC(=O)OC(=O)O.COC(C)=O. The molecule has 0 spiro atoms. The van der Waals surface area contributed by atoms with E-state index in [0.717, 1.165) is 0 Å². The summed E-state index contributed by atoms with van der Waals surface area (Å²) in [5.41, 5.74) is 0. The predicted molar refractivity (Wildman–Crippen MR) is 46.7 cm³/mol. The predicted octanol–water partition coefficient (Wildman–Crippen LogP) is 1.19. The Morgan fingerprint density at radius 1 is 1.29 bits per heavy atom. The van der Waals surface area contributed by atoms with Crippen molar-refractivity contribution in [2.45, 2.75) is 26.7 Å². The fourth-order valence-corrected chi connectivity index (χ4v) is 0.353. The Hall–Kier alpha value is -1.59. The highest BCUT2D eigenvalue weighted by atomic mass is 16.7. The van der Waals surface area contributed by atoms with Crippen LogP contribution >= 0.6 is 0 Å². The van der Waals surface area contributed by atoms with Crippen LogP contribution in [-0.4, -0.2) is 30.3 Å². The Balaban J connectivity index is 0. The summed E-state index contributed by atoms with van der Waals surface area (Å²) in [6.07, 6.45) is -0.772. The second-order valence-electron chi connectivity index (χ2n) is 2.19. The topological polar surface area (TPSA) is 89.9 Å². The number of carbonyl (C=O) groups is 3. The molecule has 0 aromatic rings. The minimum absolute atomic E-state index is 0.159. The molecule has 0 heterocycles. The molecule has 0 atom stereocenters.